The first-order chi connectivity index (χ1) is 9.65. The first-order valence-electron chi connectivity index (χ1n) is 6.48. The van der Waals surface area contributed by atoms with Gasteiger partial charge in [-0.2, -0.15) is 5.26 Å². The molecule has 2 aromatic rings. The summed E-state index contributed by atoms with van der Waals surface area (Å²) in [5, 5.41) is 8.76. The molecule has 0 aliphatic carbocycles. The van der Waals surface area contributed by atoms with Crippen LogP contribution in [0.3, 0.4) is 0 Å². The first-order valence-corrected chi connectivity index (χ1v) is 6.48. The molecule has 20 heavy (non-hydrogen) atoms. The molecule has 0 aliphatic heterocycles. The van der Waals surface area contributed by atoms with Crippen molar-refractivity contribution in [1.82, 2.24) is 4.57 Å². The third-order valence-corrected chi connectivity index (χ3v) is 3.02. The Balaban J connectivity index is 2.44. The summed E-state index contributed by atoms with van der Waals surface area (Å²) in [6, 6.07) is 11.2. The third-order valence-electron chi connectivity index (χ3n) is 3.02. The van der Waals surface area contributed by atoms with E-state index in [1.807, 2.05) is 48.7 Å². The third kappa shape index (κ3) is 2.89. The van der Waals surface area contributed by atoms with Crippen molar-refractivity contribution in [2.75, 3.05) is 6.61 Å². The van der Waals surface area contributed by atoms with Gasteiger partial charge in [-0.25, -0.2) is 0 Å². The summed E-state index contributed by atoms with van der Waals surface area (Å²) in [7, 11) is 0. The van der Waals surface area contributed by atoms with E-state index < -0.39 is 0 Å². The summed E-state index contributed by atoms with van der Waals surface area (Å²) in [5.74, 6) is 0.812. The van der Waals surface area contributed by atoms with E-state index in [1.165, 1.54) is 0 Å². The molecule has 0 saturated carbocycles. The molecule has 2 rings (SSSR count). The van der Waals surface area contributed by atoms with Crippen LogP contribution in [0.1, 0.15) is 18.2 Å². The lowest BCUT2D eigenvalue weighted by Crippen LogP contribution is -2.13. The minimum atomic E-state index is -0.0914. The zero-order chi connectivity index (χ0) is 14.5. The van der Waals surface area contributed by atoms with Crippen LogP contribution in [-0.2, 0) is 6.42 Å². The van der Waals surface area contributed by atoms with Gasteiger partial charge in [0.1, 0.15) is 5.75 Å². The van der Waals surface area contributed by atoms with E-state index in [0.29, 0.717) is 12.2 Å². The highest BCUT2D eigenvalue weighted by atomic mass is 16.5. The van der Waals surface area contributed by atoms with E-state index in [2.05, 4.69) is 0 Å². The number of nitriles is 1. The van der Waals surface area contributed by atoms with Gasteiger partial charge in [0.15, 0.2) is 5.43 Å². The Morgan fingerprint density at radius 2 is 2.00 bits per heavy atom. The monoisotopic (exact) mass is 268 g/mol. The van der Waals surface area contributed by atoms with Crippen LogP contribution in [-0.4, -0.2) is 11.2 Å². The Hall–Kier alpha value is -2.54. The second-order valence-electron chi connectivity index (χ2n) is 4.44. The minimum Gasteiger partial charge on any atom is -0.494 e. The van der Waals surface area contributed by atoms with Gasteiger partial charge in [-0.15, -0.1) is 0 Å². The summed E-state index contributed by atoms with van der Waals surface area (Å²) in [6.07, 6.45) is 1.85. The van der Waals surface area contributed by atoms with E-state index in [9.17, 15) is 4.79 Å². The summed E-state index contributed by atoms with van der Waals surface area (Å²) in [4.78, 5) is 11.8. The molecule has 1 heterocycles. The number of hydrogen-bond donors (Lipinski definition) is 0. The number of benzene rings is 1. The lowest BCUT2D eigenvalue weighted by Gasteiger charge is -2.12. The quantitative estimate of drug-likeness (QED) is 0.856. The maximum atomic E-state index is 11.8. The van der Waals surface area contributed by atoms with E-state index >= 15 is 0 Å². The molecule has 0 spiro atoms. The van der Waals surface area contributed by atoms with Crippen LogP contribution < -0.4 is 10.2 Å². The van der Waals surface area contributed by atoms with Gasteiger partial charge in [0.25, 0.3) is 0 Å². The van der Waals surface area contributed by atoms with Crippen LogP contribution in [0.4, 0.5) is 0 Å². The van der Waals surface area contributed by atoms with Gasteiger partial charge in [-0.05, 0) is 38.1 Å². The molecule has 0 saturated heterocycles. The molecular weight excluding hydrogens is 252 g/mol. The molecule has 0 bridgehead atoms. The maximum Gasteiger partial charge on any atom is 0.186 e. The smallest absolute Gasteiger partial charge is 0.186 e. The van der Waals surface area contributed by atoms with Crippen molar-refractivity contribution in [2.45, 2.75) is 20.3 Å². The van der Waals surface area contributed by atoms with Gasteiger partial charge in [-0.3, -0.25) is 4.79 Å². The highest BCUT2D eigenvalue weighted by Gasteiger charge is 2.05. The topological polar surface area (TPSA) is 55.0 Å². The fourth-order valence-electron chi connectivity index (χ4n) is 2.04. The SMILES string of the molecule is CCOc1ccc(-n2cc(CC#N)c(=O)cc2C)cc1. The van der Waals surface area contributed by atoms with Crippen LogP contribution in [0.2, 0.25) is 0 Å². The summed E-state index contributed by atoms with van der Waals surface area (Å²) >= 11 is 0. The number of aromatic nitrogens is 1. The van der Waals surface area contributed by atoms with E-state index in [1.54, 1.807) is 12.3 Å². The molecule has 102 valence electrons. The highest BCUT2D eigenvalue weighted by molar-refractivity contribution is 5.40. The zero-order valence-corrected chi connectivity index (χ0v) is 11.6. The van der Waals surface area contributed by atoms with Gasteiger partial charge in [-0.1, -0.05) is 0 Å². The lowest BCUT2D eigenvalue weighted by molar-refractivity contribution is 0.340. The fourth-order valence-corrected chi connectivity index (χ4v) is 2.04. The van der Waals surface area contributed by atoms with Crippen LogP contribution in [0, 0.1) is 18.3 Å². The molecule has 0 aliphatic rings. The number of rotatable bonds is 4. The van der Waals surface area contributed by atoms with E-state index in [0.717, 1.165) is 17.1 Å². The Morgan fingerprint density at radius 3 is 2.60 bits per heavy atom. The molecule has 0 amide bonds. The second kappa shape index (κ2) is 6.07. The normalized spacial score (nSPS) is 10.1. The van der Waals surface area contributed by atoms with Crippen molar-refractivity contribution in [2.24, 2.45) is 0 Å². The fraction of sp³-hybridized carbons (Fsp3) is 0.250. The molecule has 0 radical (unpaired) electrons. The number of aryl methyl sites for hydroxylation is 1. The standard InChI is InChI=1S/C16H16N2O2/c1-3-20-15-6-4-14(5-7-15)18-11-13(8-9-17)16(19)10-12(18)2/h4-7,10-11H,3,8H2,1-2H3. The Labute approximate surface area is 117 Å². The number of pyridine rings is 1. The summed E-state index contributed by atoms with van der Waals surface area (Å²) in [6.45, 7) is 4.44. The molecule has 4 nitrogen and oxygen atoms in total. The number of hydrogen-bond acceptors (Lipinski definition) is 3. The second-order valence-corrected chi connectivity index (χ2v) is 4.44. The van der Waals surface area contributed by atoms with Crippen molar-refractivity contribution in [1.29, 1.82) is 5.26 Å². The number of ether oxygens (including phenoxy) is 1. The van der Waals surface area contributed by atoms with Gasteiger partial charge >= 0.3 is 0 Å². The van der Waals surface area contributed by atoms with Gasteiger partial charge in [0.05, 0.1) is 19.1 Å². The Bertz CT molecular complexity index is 694. The zero-order valence-electron chi connectivity index (χ0n) is 11.6. The molecule has 1 aromatic carbocycles. The first kappa shape index (κ1) is 13.9. The molecule has 0 atom stereocenters. The Morgan fingerprint density at radius 1 is 1.30 bits per heavy atom. The number of nitrogens with zero attached hydrogens (tertiary/aromatic N) is 2. The molecule has 1 aromatic heterocycles. The predicted molar refractivity (Wildman–Crippen MR) is 77.3 cm³/mol. The van der Waals surface area contributed by atoms with Crippen LogP contribution in [0.5, 0.6) is 5.75 Å². The van der Waals surface area contributed by atoms with Crippen molar-refractivity contribution >= 4 is 0 Å². The molecule has 0 unspecified atom stereocenters. The van der Waals surface area contributed by atoms with Gasteiger partial charge < -0.3 is 9.30 Å². The molecular formula is C16H16N2O2. The van der Waals surface area contributed by atoms with Crippen LogP contribution >= 0.6 is 0 Å². The predicted octanol–water partition coefficient (Wildman–Crippen LogP) is 2.61. The van der Waals surface area contributed by atoms with Crippen molar-refractivity contribution < 1.29 is 4.74 Å². The molecule has 0 N–H and O–H groups in total. The van der Waals surface area contributed by atoms with E-state index in [4.69, 9.17) is 10.00 Å². The van der Waals surface area contributed by atoms with Crippen LogP contribution in [0.25, 0.3) is 5.69 Å². The van der Waals surface area contributed by atoms with Crippen molar-refractivity contribution in [3.05, 3.63) is 58.0 Å². The Kier molecular flexibility index (Phi) is 4.21. The van der Waals surface area contributed by atoms with E-state index in [-0.39, 0.29) is 11.8 Å². The van der Waals surface area contributed by atoms with Crippen LogP contribution in [0.15, 0.2) is 41.3 Å². The summed E-state index contributed by atoms with van der Waals surface area (Å²) in [5.41, 5.74) is 2.18. The highest BCUT2D eigenvalue weighted by Crippen LogP contribution is 2.16. The van der Waals surface area contributed by atoms with Crippen molar-refractivity contribution in [3.8, 4) is 17.5 Å². The average molecular weight is 268 g/mol. The summed E-state index contributed by atoms with van der Waals surface area (Å²) < 4.78 is 7.31. The molecule has 0 fully saturated rings. The average Bonchev–Trinajstić information content (AvgIpc) is 2.43. The lowest BCUT2D eigenvalue weighted by atomic mass is 10.2. The van der Waals surface area contributed by atoms with Gasteiger partial charge in [0, 0.05) is 29.2 Å². The largest absolute Gasteiger partial charge is 0.494 e. The maximum absolute atomic E-state index is 11.8. The van der Waals surface area contributed by atoms with Gasteiger partial charge in [0.2, 0.25) is 0 Å². The minimum absolute atomic E-state index is 0.0914. The van der Waals surface area contributed by atoms with Crippen molar-refractivity contribution in [3.63, 3.8) is 0 Å². The molecule has 4 heteroatoms.